The van der Waals surface area contributed by atoms with Gasteiger partial charge in [0.15, 0.2) is 6.10 Å². The molecule has 1 N–H and O–H groups in total. The van der Waals surface area contributed by atoms with Gasteiger partial charge in [-0.3, -0.25) is 0 Å². The summed E-state index contributed by atoms with van der Waals surface area (Å²) in [4.78, 5) is 0. The van der Waals surface area contributed by atoms with E-state index in [4.69, 9.17) is 11.2 Å². The molecule has 6 rings (SSSR count). The molecule has 0 spiro atoms. The van der Waals surface area contributed by atoms with Gasteiger partial charge in [-0.05, 0) is 81.2 Å². The van der Waals surface area contributed by atoms with Crippen molar-refractivity contribution in [3.63, 3.8) is 0 Å². The van der Waals surface area contributed by atoms with E-state index in [1.165, 1.54) is 11.1 Å². The van der Waals surface area contributed by atoms with Gasteiger partial charge in [0.25, 0.3) is 0 Å². The van der Waals surface area contributed by atoms with Crippen molar-refractivity contribution >= 4 is 21.5 Å². The maximum absolute atomic E-state index is 12.9. The van der Waals surface area contributed by atoms with E-state index < -0.39 is 12.3 Å². The van der Waals surface area contributed by atoms with Crippen LogP contribution in [0.15, 0.2) is 115 Å². The van der Waals surface area contributed by atoms with Crippen molar-refractivity contribution < 1.29 is 23.0 Å². The van der Waals surface area contributed by atoms with Crippen LogP contribution < -0.4 is 0 Å². The maximum atomic E-state index is 12.9. The summed E-state index contributed by atoms with van der Waals surface area (Å²) in [7, 11) is 0. The van der Waals surface area contributed by atoms with Crippen LogP contribution in [-0.2, 0) is 4.74 Å². The first-order chi connectivity index (χ1) is 21.3. The van der Waals surface area contributed by atoms with E-state index in [0.29, 0.717) is 21.5 Å². The topological polar surface area (TPSA) is 32.8 Å². The van der Waals surface area contributed by atoms with E-state index in [1.54, 1.807) is 55.5 Å². The average Bonchev–Trinajstić information content (AvgIpc) is 3.86. The Kier molecular flexibility index (Phi) is 10.9. The van der Waals surface area contributed by atoms with Crippen molar-refractivity contribution in [3.05, 3.63) is 132 Å². The summed E-state index contributed by atoms with van der Waals surface area (Å²) in [6, 6.07) is 36.2. The summed E-state index contributed by atoms with van der Waals surface area (Å²) in [5.74, 6) is 17.0. The fourth-order valence-electron chi connectivity index (χ4n) is 4.60. The van der Waals surface area contributed by atoms with Crippen LogP contribution in [-0.4, -0.2) is 11.3 Å². The van der Waals surface area contributed by atoms with Crippen LogP contribution in [0.1, 0.15) is 41.9 Å². The lowest BCUT2D eigenvalue weighted by Crippen LogP contribution is -2.20. The molecular weight excluding hydrogens is 557 g/mol. The minimum Gasteiger partial charge on any atom is -0.379 e. The smallest absolute Gasteiger partial charge is 0.379 e. The number of hydrogen-bond acceptors (Lipinski definition) is 2. The van der Waals surface area contributed by atoms with Crippen LogP contribution in [0.5, 0.6) is 0 Å². The SMILES string of the molecule is C#CC#CC#CC#CC.OC(c1c2ccccc2cc2ccccc12)C(F)(F)F.c1ccc(C2OC2c2ccccc2)cc1. The number of rotatable bonds is 3. The standard InChI is InChI=1S/C16H11F3O.C14H12O.C9H4/c17-16(18,19)15(20)14-12-7-3-1-5-10(12)9-11-6-2-4-8-13(11)14;1-3-7-11(8-4-1)13-14(15-13)12-9-5-2-6-10-12;1-3-5-7-9-8-6-4-2/h1-9,15,20H;1-10,13-14H;1H,2H3. The van der Waals surface area contributed by atoms with Crippen molar-refractivity contribution in [2.45, 2.75) is 31.4 Å². The number of hydrogen-bond donors (Lipinski definition) is 1. The summed E-state index contributed by atoms with van der Waals surface area (Å²) < 4.78 is 44.5. The average molecular weight is 585 g/mol. The molecule has 216 valence electrons. The first kappa shape index (κ1) is 31.5. The highest BCUT2D eigenvalue weighted by molar-refractivity contribution is 6.02. The Morgan fingerprint density at radius 1 is 0.659 bits per heavy atom. The molecule has 44 heavy (non-hydrogen) atoms. The van der Waals surface area contributed by atoms with Gasteiger partial charge in [0.2, 0.25) is 0 Å². The van der Waals surface area contributed by atoms with Crippen LogP contribution in [0.2, 0.25) is 0 Å². The van der Waals surface area contributed by atoms with E-state index in [-0.39, 0.29) is 17.8 Å². The summed E-state index contributed by atoms with van der Waals surface area (Å²) in [6.45, 7) is 1.71. The van der Waals surface area contributed by atoms with Crippen LogP contribution in [0.25, 0.3) is 21.5 Å². The number of terminal acetylenes is 1. The molecule has 3 atom stereocenters. The lowest BCUT2D eigenvalue weighted by Gasteiger charge is -2.19. The Morgan fingerprint density at radius 3 is 1.55 bits per heavy atom. The third-order valence-corrected chi connectivity index (χ3v) is 6.59. The normalized spacial score (nSPS) is 15.1. The molecule has 0 aliphatic carbocycles. The lowest BCUT2D eigenvalue weighted by atomic mass is 9.93. The molecular formula is C39H27F3O2. The molecule has 1 aliphatic heterocycles. The first-order valence-electron chi connectivity index (χ1n) is 13.6. The van der Waals surface area contributed by atoms with Crippen LogP contribution in [0.3, 0.4) is 0 Å². The largest absolute Gasteiger partial charge is 0.418 e. The van der Waals surface area contributed by atoms with Gasteiger partial charge in [-0.15, -0.1) is 6.42 Å². The molecule has 0 radical (unpaired) electrons. The van der Waals surface area contributed by atoms with E-state index in [9.17, 15) is 18.3 Å². The van der Waals surface area contributed by atoms with Crippen LogP contribution >= 0.6 is 0 Å². The molecule has 0 amide bonds. The maximum Gasteiger partial charge on any atom is 0.418 e. The fraction of sp³-hybridized carbons (Fsp3) is 0.128. The Balaban J connectivity index is 0.000000163. The Bertz CT molecular complexity index is 1840. The molecule has 5 heteroatoms. The van der Waals surface area contributed by atoms with Crippen molar-refractivity contribution in [3.8, 4) is 47.9 Å². The zero-order valence-electron chi connectivity index (χ0n) is 23.8. The minimum atomic E-state index is -4.69. The van der Waals surface area contributed by atoms with Crippen molar-refractivity contribution in [1.29, 1.82) is 0 Å². The van der Waals surface area contributed by atoms with Crippen molar-refractivity contribution in [2.24, 2.45) is 0 Å². The third kappa shape index (κ3) is 8.32. The first-order valence-corrected chi connectivity index (χ1v) is 13.6. The number of alkyl halides is 3. The zero-order valence-corrected chi connectivity index (χ0v) is 23.8. The molecule has 0 saturated carbocycles. The molecule has 1 fully saturated rings. The van der Waals surface area contributed by atoms with Crippen LogP contribution in [0, 0.1) is 47.9 Å². The molecule has 0 aromatic heterocycles. The summed E-state index contributed by atoms with van der Waals surface area (Å²) in [6.07, 6.45) is -1.84. The molecule has 5 aromatic carbocycles. The Morgan fingerprint density at radius 2 is 1.09 bits per heavy atom. The monoisotopic (exact) mass is 584 g/mol. The van der Waals surface area contributed by atoms with Gasteiger partial charge in [-0.2, -0.15) is 13.2 Å². The number of ether oxygens (including phenoxy) is 1. The molecule has 5 aromatic rings. The summed E-state index contributed by atoms with van der Waals surface area (Å²) in [5.41, 5.74) is 2.46. The molecule has 2 nitrogen and oxygen atoms in total. The highest BCUT2D eigenvalue weighted by Crippen LogP contribution is 2.50. The van der Waals surface area contributed by atoms with E-state index >= 15 is 0 Å². The van der Waals surface area contributed by atoms with Gasteiger partial charge in [-0.1, -0.05) is 115 Å². The summed E-state index contributed by atoms with van der Waals surface area (Å²) >= 11 is 0. The number of epoxide rings is 1. The molecule has 1 heterocycles. The molecule has 1 saturated heterocycles. The number of fused-ring (bicyclic) bond motifs is 2. The van der Waals surface area contributed by atoms with Crippen molar-refractivity contribution in [2.75, 3.05) is 0 Å². The van der Waals surface area contributed by atoms with E-state index in [1.807, 2.05) is 18.2 Å². The van der Waals surface area contributed by atoms with Crippen LogP contribution in [0.4, 0.5) is 13.2 Å². The van der Waals surface area contributed by atoms with Gasteiger partial charge in [0, 0.05) is 5.56 Å². The second kappa shape index (κ2) is 15.2. The second-order valence-corrected chi connectivity index (χ2v) is 9.49. The predicted octanol–water partition coefficient (Wildman–Crippen LogP) is 8.74. The summed E-state index contributed by atoms with van der Waals surface area (Å²) in [5, 5.41) is 12.0. The van der Waals surface area contributed by atoms with Gasteiger partial charge in [0.05, 0.1) is 0 Å². The molecule has 0 bridgehead atoms. The lowest BCUT2D eigenvalue weighted by molar-refractivity contribution is -0.206. The predicted molar refractivity (Wildman–Crippen MR) is 170 cm³/mol. The van der Waals surface area contributed by atoms with Gasteiger partial charge in [-0.25, -0.2) is 0 Å². The van der Waals surface area contributed by atoms with Crippen molar-refractivity contribution in [1.82, 2.24) is 0 Å². The Hall–Kier alpha value is -5.43. The van der Waals surface area contributed by atoms with E-state index in [2.05, 4.69) is 90.0 Å². The number of aliphatic hydroxyl groups is 1. The highest BCUT2D eigenvalue weighted by atomic mass is 19.4. The van der Waals surface area contributed by atoms with Gasteiger partial charge in [0.1, 0.15) is 12.2 Å². The quantitative estimate of drug-likeness (QED) is 0.131. The van der Waals surface area contributed by atoms with Gasteiger partial charge < -0.3 is 9.84 Å². The van der Waals surface area contributed by atoms with E-state index in [0.717, 1.165) is 0 Å². The zero-order chi connectivity index (χ0) is 31.4. The minimum absolute atomic E-state index is 0.0776. The third-order valence-electron chi connectivity index (χ3n) is 6.59. The number of aliphatic hydroxyl groups excluding tert-OH is 1. The second-order valence-electron chi connectivity index (χ2n) is 9.49. The highest BCUT2D eigenvalue weighted by Gasteiger charge is 2.41. The molecule has 3 unspecified atom stereocenters. The fourth-order valence-corrected chi connectivity index (χ4v) is 4.60. The Labute approximate surface area is 255 Å². The van der Waals surface area contributed by atoms with Gasteiger partial charge >= 0.3 is 6.18 Å². The molecule has 1 aliphatic rings. The number of benzene rings is 5. The number of halogens is 3.